The topological polar surface area (TPSA) is 511 Å². The van der Waals surface area contributed by atoms with Crippen LogP contribution >= 0.6 is 0 Å². The second kappa shape index (κ2) is 23.8. The molecule has 0 spiro atoms. The number of rotatable bonds is 23. The maximum Gasteiger partial charge on any atom is 0.309 e. The molecule has 10 saturated heterocycles. The Morgan fingerprint density at radius 2 is 1.11 bits per heavy atom. The van der Waals surface area contributed by atoms with Crippen molar-refractivity contribution in [2.75, 3.05) is 66.1 Å². The van der Waals surface area contributed by atoms with Crippen LogP contribution in [-0.4, -0.2) is 238 Å². The molecule has 0 radical (unpaired) electrons. The van der Waals surface area contributed by atoms with Crippen LogP contribution < -0.4 is 48.2 Å². The lowest BCUT2D eigenvalue weighted by atomic mass is 9.33. The number of ether oxygens (including phenoxy) is 10. The van der Waals surface area contributed by atoms with E-state index in [2.05, 4.69) is 41.6 Å². The Morgan fingerprint density at radius 3 is 1.52 bits per heavy atom. The van der Waals surface area contributed by atoms with Crippen LogP contribution in [0.2, 0.25) is 0 Å². The number of Topliss-reactive ketones (excluding diaryl/α,β-unsaturated/α-hetero) is 1. The number of likely N-dealkylation sites (N-methyl/N-ethyl adjacent to an activating group) is 1. The van der Waals surface area contributed by atoms with Crippen molar-refractivity contribution in [3.63, 3.8) is 0 Å². The molecule has 2 aromatic rings. The number of nitrogen functional groups attached to an aromatic ring is 1. The van der Waals surface area contributed by atoms with Gasteiger partial charge in [-0.3, -0.25) is 29.1 Å². The van der Waals surface area contributed by atoms with Crippen molar-refractivity contribution in [3.05, 3.63) is 16.7 Å². The number of nitrogens with one attached hydrogen (secondary N) is 6. The monoisotopic (exact) mass is 1400 g/mol. The Balaban J connectivity index is 0.000000470. The number of aromatic amines is 3. The Bertz CT molecular complexity index is 3560. The largest absolute Gasteiger partial charge is 0.544 e. The summed E-state index contributed by atoms with van der Waals surface area (Å²) in [6.45, 7) is 27.2. The highest BCUT2D eigenvalue weighted by molar-refractivity contribution is 5.81. The molecule has 23 atom stereocenters. The number of methoxy groups -OCH3 is 1. The number of carbonyl (C=O) groups is 5. The SMILES string of the molecule is CNC(CCCC[NH3+])C(C)=O.CO[C@]1(C)OC2(C(=O)[O-])O[C@@](C)(C1(C)O)[C@]2(C)COC[C@]1(C)OC2(CO)[C@@H](O[C@]3(C)OC4(C(=O)[O-])O[C@@](C)(C3(C)O)[C@]4(C)COC[C@]3(C)OC4(CO)[C@@H](C)[C@@](C)(C3(C)NC(C)=O)[C@]4(C)O)[C@@](C)(C1(C)NC(C)=O)[C@]2(C)O.Nc1nc2[nH+]c[nH]c2c(=O)[nH]1. The number of carboxylic acid groups (broad SMARTS) is 2. The lowest BCUT2D eigenvalue weighted by molar-refractivity contribution is -0.610. The molecule has 2 aromatic heterocycles. The van der Waals surface area contributed by atoms with Crippen molar-refractivity contribution in [1.29, 1.82) is 0 Å². The predicted molar refractivity (Wildman–Crippen MR) is 337 cm³/mol. The molecule has 8 bridgehead atoms. The number of fused-ring (bicyclic) bond motifs is 9. The summed E-state index contributed by atoms with van der Waals surface area (Å²) < 4.78 is 63.1. The number of quaternary nitrogens is 1. The number of aliphatic hydroxyl groups is 6. The number of nitrogens with two attached hydrogens (primary N) is 1. The molecule has 556 valence electrons. The molecule has 12 heterocycles. The van der Waals surface area contributed by atoms with Crippen LogP contribution in [0.3, 0.4) is 0 Å². The van der Waals surface area contributed by atoms with Crippen molar-refractivity contribution in [2.45, 2.75) is 260 Å². The van der Waals surface area contributed by atoms with E-state index in [1.807, 2.05) is 14.0 Å². The van der Waals surface area contributed by atoms with Gasteiger partial charge in [-0.2, -0.15) is 0 Å². The first-order valence-electron chi connectivity index (χ1n) is 33.0. The Kier molecular flexibility index (Phi) is 19.1. The second-order valence-corrected chi connectivity index (χ2v) is 31.2. The molecule has 12 aliphatic rings. The van der Waals surface area contributed by atoms with Gasteiger partial charge in [0, 0.05) is 32.3 Å². The van der Waals surface area contributed by atoms with Crippen molar-refractivity contribution in [1.82, 2.24) is 30.9 Å². The van der Waals surface area contributed by atoms with E-state index in [0.29, 0.717) is 11.2 Å². The minimum atomic E-state index is -2.75. The predicted octanol–water partition coefficient (Wildman–Crippen LogP) is -4.24. The standard InChI is InChI=1S/C52H84N2O22.C8H18N2O.C5H5N5O/c1-27-37(8)39(10,53-28(2)57)35(6,71-49(27,21-55)41(37,12)63)25-68-24-34(5)46(17)44(15,66)48(19,76-52(34,74-46)32(61)62)70-30-38(9)40(11,54-29(3)58)36(7,72-50(30,22-56)42(38,13)64)26-69-23-33(4)45(16)43(14,65)47(18,67-20)75-51(33,73-45)31(59)60;1-7(11)8(10-2)5-3-4-6-9;6-5-9-3-2(4(11)10-5)7-1-8-3/h27,30,55-56,63-66H,21-26H2,1-20H3,(H,53,57)(H,54,58)(H,59,60)(H,61,62);8,10H,3-6,9H2,1-2H3;1H,(H4,6,7,8,9,10,11)/t27-,30-,33-,34-,35-,36-,37-,38-,39?,40?,41-,42-,43?,44?,45+,46+,47+,48+,49?,50?,51?,52?;;/m0../s1. The number of H-pyrrole nitrogens is 3. The lowest BCUT2D eigenvalue weighted by Crippen LogP contribution is -3.01. The lowest BCUT2D eigenvalue weighted by Gasteiger charge is -2.83. The molecule has 2 aliphatic carbocycles. The first-order chi connectivity index (χ1) is 44.5. The number of nitrogens with zero attached hydrogens (tertiary/aromatic N) is 1. The van der Waals surface area contributed by atoms with Crippen molar-refractivity contribution < 1.29 is 123 Å². The highest BCUT2D eigenvalue weighted by Gasteiger charge is 2.94. The van der Waals surface area contributed by atoms with Crippen LogP contribution in [0.4, 0.5) is 5.95 Å². The Morgan fingerprint density at radius 1 is 0.673 bits per heavy atom. The van der Waals surface area contributed by atoms with E-state index in [0.717, 1.165) is 25.8 Å². The molecular weight excluding hydrogens is 1290 g/mol. The first kappa shape index (κ1) is 78.7. The van der Waals surface area contributed by atoms with Crippen molar-refractivity contribution in [3.8, 4) is 0 Å². The summed E-state index contributed by atoms with van der Waals surface area (Å²) in [4.78, 5) is 86.4. The van der Waals surface area contributed by atoms with Gasteiger partial charge in [0.05, 0.1) is 79.6 Å². The Hall–Kier alpha value is -5.02. The summed E-state index contributed by atoms with van der Waals surface area (Å²) in [5.41, 5.74) is -18.8. The molecule has 12 fully saturated rings. The molecule has 9 unspecified atom stereocenters. The normalized spacial score (nSPS) is 48.5. The van der Waals surface area contributed by atoms with Crippen LogP contribution in [0.15, 0.2) is 11.1 Å². The number of carbonyl (C=O) groups excluding carboxylic acids is 5. The molecule has 98 heavy (non-hydrogen) atoms. The third-order valence-corrected chi connectivity index (χ3v) is 27.1. The quantitative estimate of drug-likeness (QED) is 0.0469. The van der Waals surface area contributed by atoms with Gasteiger partial charge in [-0.25, -0.2) is 4.98 Å². The van der Waals surface area contributed by atoms with E-state index in [9.17, 15) is 69.6 Å². The second-order valence-electron chi connectivity index (χ2n) is 31.2. The molecule has 17 N–H and O–H groups in total. The number of amides is 2. The fourth-order valence-corrected chi connectivity index (χ4v) is 18.8. The van der Waals surface area contributed by atoms with E-state index in [1.54, 1.807) is 27.7 Å². The minimum Gasteiger partial charge on any atom is -0.544 e. The minimum absolute atomic E-state index is 0.0570. The van der Waals surface area contributed by atoms with Crippen LogP contribution in [0.1, 0.15) is 158 Å². The summed E-state index contributed by atoms with van der Waals surface area (Å²) >= 11 is 0. The summed E-state index contributed by atoms with van der Waals surface area (Å²) in [5, 5.41) is 107. The molecule has 2 amide bonds. The van der Waals surface area contributed by atoms with Gasteiger partial charge in [0.2, 0.25) is 34.7 Å². The van der Waals surface area contributed by atoms with Crippen LogP contribution in [0, 0.1) is 27.6 Å². The van der Waals surface area contributed by atoms with Gasteiger partial charge in [-0.05, 0) is 130 Å². The van der Waals surface area contributed by atoms with Gasteiger partial charge in [0.1, 0.15) is 79.8 Å². The van der Waals surface area contributed by atoms with Crippen LogP contribution in [-0.2, 0) is 71.3 Å². The zero-order valence-corrected chi connectivity index (χ0v) is 60.6. The molecule has 10 aliphatic heterocycles. The van der Waals surface area contributed by atoms with Gasteiger partial charge in [-0.1, -0.05) is 25.8 Å². The van der Waals surface area contributed by atoms with E-state index in [-0.39, 0.29) is 29.9 Å². The third kappa shape index (κ3) is 9.13. The van der Waals surface area contributed by atoms with Gasteiger partial charge in [0.25, 0.3) is 11.5 Å². The number of ketones is 1. The van der Waals surface area contributed by atoms with Crippen LogP contribution in [0.5, 0.6) is 0 Å². The van der Waals surface area contributed by atoms with Gasteiger partial charge in [-0.15, -0.1) is 0 Å². The number of carboxylic acids is 2. The maximum atomic E-state index is 13.7. The third-order valence-electron chi connectivity index (χ3n) is 27.1. The van der Waals surface area contributed by atoms with Crippen LogP contribution in [0.25, 0.3) is 11.2 Å². The fourth-order valence-electron chi connectivity index (χ4n) is 18.8. The number of anilines is 1. The summed E-state index contributed by atoms with van der Waals surface area (Å²) in [6.07, 6.45) is 3.09. The number of hydrogen-bond donors (Lipinski definition) is 13. The highest BCUT2D eigenvalue weighted by atomic mass is 16.9. The molecule has 14 rings (SSSR count). The van der Waals surface area contributed by atoms with Gasteiger partial charge in [0.15, 0.2) is 12.1 Å². The number of hydrogen-bond acceptors (Lipinski definition) is 27. The fraction of sp³-hybridized carbons (Fsp3) is 0.846. The molecule has 33 heteroatoms. The van der Waals surface area contributed by atoms with Gasteiger partial charge < -0.3 is 125 Å². The number of imidazole rings is 1. The number of aliphatic hydroxyl groups excluding tert-OH is 2. The zero-order valence-electron chi connectivity index (χ0n) is 60.6. The summed E-state index contributed by atoms with van der Waals surface area (Å²) in [5.74, 6) is -14.5. The van der Waals surface area contributed by atoms with E-state index < -0.39 is 181 Å². The number of aromatic nitrogens is 4. The average molecular weight is 1400 g/mol. The molecule has 2 saturated carbocycles. The smallest absolute Gasteiger partial charge is 0.309 e. The Labute approximate surface area is 569 Å². The summed E-state index contributed by atoms with van der Waals surface area (Å²) in [7, 11) is 3.06. The van der Waals surface area contributed by atoms with E-state index in [1.165, 1.54) is 117 Å². The van der Waals surface area contributed by atoms with Crippen molar-refractivity contribution in [2.24, 2.45) is 27.6 Å². The van der Waals surface area contributed by atoms with E-state index >= 15 is 0 Å². The van der Waals surface area contributed by atoms with E-state index in [4.69, 9.17) is 53.1 Å². The maximum absolute atomic E-state index is 13.7. The molecule has 33 nitrogen and oxygen atoms in total. The molecule has 0 aromatic carbocycles. The molecular formula is C65H107N9O24. The highest BCUT2D eigenvalue weighted by Crippen LogP contribution is 2.77. The van der Waals surface area contributed by atoms with Gasteiger partial charge >= 0.3 is 5.65 Å². The first-order valence-corrected chi connectivity index (χ1v) is 33.0. The average Bonchev–Trinajstić information content (AvgIpc) is 0.643. The zero-order chi connectivity index (χ0) is 74.7. The van der Waals surface area contributed by atoms with Crippen molar-refractivity contribution >= 4 is 46.6 Å². The summed E-state index contributed by atoms with van der Waals surface area (Å²) in [6, 6.07) is 0.0570. The number of aliphatic carboxylic acids is 2. The number of unbranched alkanes of at least 4 members (excludes halogenated alkanes) is 1.